The van der Waals surface area contributed by atoms with Crippen molar-refractivity contribution in [3.05, 3.63) is 23.2 Å². The van der Waals surface area contributed by atoms with E-state index in [0.29, 0.717) is 0 Å². The van der Waals surface area contributed by atoms with Crippen LogP contribution in [0.1, 0.15) is 10.5 Å². The summed E-state index contributed by atoms with van der Waals surface area (Å²) in [6.45, 7) is 0.147. The van der Waals surface area contributed by atoms with Gasteiger partial charge < -0.3 is 15.8 Å². The van der Waals surface area contributed by atoms with Gasteiger partial charge in [-0.05, 0) is 0 Å². The van der Waals surface area contributed by atoms with Crippen molar-refractivity contribution in [2.24, 2.45) is 5.73 Å². The predicted octanol–water partition coefficient (Wildman–Crippen LogP) is -0.0449. The number of rotatable bonds is 4. The summed E-state index contributed by atoms with van der Waals surface area (Å²) in [6.07, 6.45) is 1.61. The number of carbonyl (C=O) groups is 2. The van der Waals surface area contributed by atoms with E-state index in [1.807, 2.05) is 0 Å². The second kappa shape index (κ2) is 5.86. The zero-order valence-corrected chi connectivity index (χ0v) is 8.90. The van der Waals surface area contributed by atoms with Gasteiger partial charge in [-0.25, -0.2) is 14.8 Å². The molecule has 0 spiro atoms. The van der Waals surface area contributed by atoms with Crippen molar-refractivity contribution in [1.82, 2.24) is 15.3 Å². The Labute approximate surface area is 96.0 Å². The summed E-state index contributed by atoms with van der Waals surface area (Å²) in [5.41, 5.74) is 4.85. The molecule has 16 heavy (non-hydrogen) atoms. The van der Waals surface area contributed by atoms with Gasteiger partial charge in [0, 0.05) is 0 Å². The van der Waals surface area contributed by atoms with Crippen molar-refractivity contribution in [3.63, 3.8) is 0 Å². The fourth-order valence-electron chi connectivity index (χ4n) is 0.836. The molecular formula is C8H9ClN4O3. The van der Waals surface area contributed by atoms with Gasteiger partial charge in [-0.2, -0.15) is 0 Å². The molecule has 0 radical (unpaired) electrons. The topological polar surface area (TPSA) is 107 Å². The first-order valence-corrected chi connectivity index (χ1v) is 4.65. The summed E-state index contributed by atoms with van der Waals surface area (Å²) < 4.78 is 4.41. The standard InChI is InChI=1S/C8H9ClN4O3/c9-6-4-12-5(3-13-6)7(14)11-1-2-16-8(10)15/h3-4H,1-2H2,(H2,10,15)(H,11,14). The van der Waals surface area contributed by atoms with Crippen LogP contribution in [0, 0.1) is 0 Å². The van der Waals surface area contributed by atoms with Crippen LogP contribution in [0.15, 0.2) is 12.4 Å². The van der Waals surface area contributed by atoms with E-state index < -0.39 is 12.0 Å². The van der Waals surface area contributed by atoms with Gasteiger partial charge in [0.2, 0.25) is 0 Å². The first-order chi connectivity index (χ1) is 7.59. The molecule has 8 heteroatoms. The fourth-order valence-corrected chi connectivity index (χ4v) is 0.934. The third kappa shape index (κ3) is 4.09. The summed E-state index contributed by atoms with van der Waals surface area (Å²) in [6, 6.07) is 0. The summed E-state index contributed by atoms with van der Waals surface area (Å²) in [5.74, 6) is -0.433. The van der Waals surface area contributed by atoms with Crippen molar-refractivity contribution in [3.8, 4) is 0 Å². The third-order valence-corrected chi connectivity index (χ3v) is 1.68. The van der Waals surface area contributed by atoms with Crippen LogP contribution >= 0.6 is 11.6 Å². The number of carbonyl (C=O) groups excluding carboxylic acids is 2. The smallest absolute Gasteiger partial charge is 0.404 e. The quantitative estimate of drug-likeness (QED) is 0.723. The highest BCUT2D eigenvalue weighted by Gasteiger charge is 2.06. The minimum absolute atomic E-state index is 0.00208. The van der Waals surface area contributed by atoms with Crippen LogP contribution in [-0.2, 0) is 4.74 Å². The molecule has 0 atom stereocenters. The minimum Gasteiger partial charge on any atom is -0.448 e. The molecule has 0 unspecified atom stereocenters. The SMILES string of the molecule is NC(=O)OCCNC(=O)c1cnc(Cl)cn1. The number of amides is 2. The highest BCUT2D eigenvalue weighted by Crippen LogP contribution is 2.00. The van der Waals surface area contributed by atoms with Crippen molar-refractivity contribution in [2.45, 2.75) is 0 Å². The molecule has 1 heterocycles. The number of nitrogens with two attached hydrogens (primary N) is 1. The van der Waals surface area contributed by atoms with E-state index in [-0.39, 0.29) is 24.0 Å². The van der Waals surface area contributed by atoms with Crippen molar-refractivity contribution >= 4 is 23.6 Å². The number of hydrogen-bond donors (Lipinski definition) is 2. The van der Waals surface area contributed by atoms with E-state index in [0.717, 1.165) is 0 Å². The van der Waals surface area contributed by atoms with E-state index in [1.54, 1.807) is 0 Å². The van der Waals surface area contributed by atoms with Gasteiger partial charge >= 0.3 is 6.09 Å². The molecule has 86 valence electrons. The van der Waals surface area contributed by atoms with Gasteiger partial charge in [-0.1, -0.05) is 11.6 Å². The Kier molecular flexibility index (Phi) is 4.46. The molecule has 1 aromatic rings. The Bertz CT molecular complexity index is 381. The number of aromatic nitrogens is 2. The normalized spacial score (nSPS) is 9.56. The molecule has 1 aromatic heterocycles. The van der Waals surface area contributed by atoms with E-state index in [4.69, 9.17) is 17.3 Å². The predicted molar refractivity (Wildman–Crippen MR) is 54.9 cm³/mol. The first kappa shape index (κ1) is 12.2. The van der Waals surface area contributed by atoms with E-state index in [2.05, 4.69) is 20.0 Å². The lowest BCUT2D eigenvalue weighted by molar-refractivity contribution is 0.0931. The van der Waals surface area contributed by atoms with Crippen molar-refractivity contribution in [1.29, 1.82) is 0 Å². The Hall–Kier alpha value is -1.89. The fraction of sp³-hybridized carbons (Fsp3) is 0.250. The Morgan fingerprint density at radius 2 is 2.19 bits per heavy atom. The lowest BCUT2D eigenvalue weighted by Gasteiger charge is -2.04. The maximum Gasteiger partial charge on any atom is 0.404 e. The van der Waals surface area contributed by atoms with Gasteiger partial charge in [0.15, 0.2) is 0 Å². The van der Waals surface area contributed by atoms with Crippen LogP contribution in [0.2, 0.25) is 5.15 Å². The molecular weight excluding hydrogens is 236 g/mol. The molecule has 0 aliphatic carbocycles. The third-order valence-electron chi connectivity index (χ3n) is 1.48. The number of hydrogen-bond acceptors (Lipinski definition) is 5. The molecule has 1 rings (SSSR count). The van der Waals surface area contributed by atoms with Crippen LogP contribution in [-0.4, -0.2) is 35.1 Å². The summed E-state index contributed by atoms with van der Waals surface area (Å²) in [4.78, 5) is 29.0. The molecule has 0 fully saturated rings. The van der Waals surface area contributed by atoms with Gasteiger partial charge in [-0.15, -0.1) is 0 Å². The van der Waals surface area contributed by atoms with Gasteiger partial charge in [-0.3, -0.25) is 4.79 Å². The molecule has 0 saturated carbocycles. The Morgan fingerprint density at radius 1 is 1.44 bits per heavy atom. The second-order valence-electron chi connectivity index (χ2n) is 2.65. The maximum atomic E-state index is 11.4. The average molecular weight is 245 g/mol. The minimum atomic E-state index is -0.888. The zero-order chi connectivity index (χ0) is 12.0. The summed E-state index contributed by atoms with van der Waals surface area (Å²) in [5, 5.41) is 2.66. The van der Waals surface area contributed by atoms with Crippen LogP contribution in [0.25, 0.3) is 0 Å². The molecule has 0 aromatic carbocycles. The van der Waals surface area contributed by atoms with Crippen molar-refractivity contribution in [2.75, 3.05) is 13.2 Å². The number of nitrogens with zero attached hydrogens (tertiary/aromatic N) is 2. The van der Waals surface area contributed by atoms with Gasteiger partial charge in [0.1, 0.15) is 17.5 Å². The van der Waals surface area contributed by atoms with E-state index in [9.17, 15) is 9.59 Å². The van der Waals surface area contributed by atoms with Gasteiger partial charge in [0.25, 0.3) is 5.91 Å². The summed E-state index contributed by atoms with van der Waals surface area (Å²) in [7, 11) is 0. The molecule has 0 bridgehead atoms. The molecule has 7 nitrogen and oxygen atoms in total. The Morgan fingerprint density at radius 3 is 2.75 bits per heavy atom. The highest BCUT2D eigenvalue weighted by molar-refractivity contribution is 6.29. The number of halogens is 1. The lowest BCUT2D eigenvalue weighted by atomic mass is 10.4. The van der Waals surface area contributed by atoms with E-state index >= 15 is 0 Å². The molecule has 0 aliphatic heterocycles. The number of nitrogens with one attached hydrogen (secondary N) is 1. The zero-order valence-electron chi connectivity index (χ0n) is 8.14. The molecule has 2 amide bonds. The maximum absolute atomic E-state index is 11.4. The van der Waals surface area contributed by atoms with Crippen LogP contribution in [0.5, 0.6) is 0 Å². The van der Waals surface area contributed by atoms with Crippen LogP contribution in [0.4, 0.5) is 4.79 Å². The second-order valence-corrected chi connectivity index (χ2v) is 3.04. The monoisotopic (exact) mass is 244 g/mol. The largest absolute Gasteiger partial charge is 0.448 e. The van der Waals surface area contributed by atoms with Crippen LogP contribution < -0.4 is 11.1 Å². The lowest BCUT2D eigenvalue weighted by Crippen LogP contribution is -2.29. The van der Waals surface area contributed by atoms with E-state index in [1.165, 1.54) is 12.4 Å². The molecule has 0 saturated heterocycles. The Balaban J connectivity index is 2.35. The average Bonchev–Trinajstić information content (AvgIpc) is 2.25. The van der Waals surface area contributed by atoms with Crippen LogP contribution in [0.3, 0.4) is 0 Å². The van der Waals surface area contributed by atoms with Gasteiger partial charge in [0.05, 0.1) is 18.9 Å². The number of primary amides is 1. The number of ether oxygens (including phenoxy) is 1. The summed E-state index contributed by atoms with van der Waals surface area (Å²) >= 11 is 5.50. The molecule has 0 aliphatic rings. The molecule has 3 N–H and O–H groups in total. The first-order valence-electron chi connectivity index (χ1n) is 4.27. The highest BCUT2D eigenvalue weighted by atomic mass is 35.5. The van der Waals surface area contributed by atoms with Crippen molar-refractivity contribution < 1.29 is 14.3 Å².